The number of alkyl carbamates (subject to hydrolysis) is 1. The summed E-state index contributed by atoms with van der Waals surface area (Å²) in [6.07, 6.45) is -0.733. The van der Waals surface area contributed by atoms with E-state index in [1.54, 1.807) is 38.0 Å². The Labute approximate surface area is 199 Å². The second-order valence-electron chi connectivity index (χ2n) is 8.95. The predicted molar refractivity (Wildman–Crippen MR) is 129 cm³/mol. The zero-order chi connectivity index (χ0) is 24.8. The van der Waals surface area contributed by atoms with Gasteiger partial charge in [0.25, 0.3) is 0 Å². The number of likely N-dealkylation sites (N-methyl/N-ethyl adjacent to an activating group) is 2. The molecule has 1 aliphatic carbocycles. The molecule has 2 aromatic rings. The van der Waals surface area contributed by atoms with Crippen molar-refractivity contribution in [3.63, 3.8) is 0 Å². The van der Waals surface area contributed by atoms with Crippen molar-refractivity contribution in [2.45, 2.75) is 18.0 Å². The first-order chi connectivity index (χ1) is 16.2. The quantitative estimate of drug-likeness (QED) is 0.486. The Morgan fingerprint density at radius 2 is 1.35 bits per heavy atom. The van der Waals surface area contributed by atoms with Gasteiger partial charge < -0.3 is 30.3 Å². The van der Waals surface area contributed by atoms with Gasteiger partial charge in [-0.15, -0.1) is 0 Å². The average molecular weight is 469 g/mol. The van der Waals surface area contributed by atoms with Gasteiger partial charge >= 0.3 is 12.1 Å². The summed E-state index contributed by atoms with van der Waals surface area (Å²) in [5.74, 6) is -1.83. The number of benzene rings is 2. The molecule has 0 spiro atoms. The van der Waals surface area contributed by atoms with Crippen molar-refractivity contribution >= 4 is 18.0 Å². The molecule has 0 fully saturated rings. The van der Waals surface area contributed by atoms with Crippen molar-refractivity contribution in [3.8, 4) is 11.1 Å². The van der Waals surface area contributed by atoms with E-state index < -0.39 is 30.1 Å². The highest BCUT2D eigenvalue weighted by Crippen LogP contribution is 2.44. The average Bonchev–Trinajstić information content (AvgIpc) is 3.10. The summed E-state index contributed by atoms with van der Waals surface area (Å²) in [6, 6.07) is 14.0. The lowest BCUT2D eigenvalue weighted by atomic mass is 9.98. The maximum absolute atomic E-state index is 12.8. The molecule has 1 unspecified atom stereocenters. The van der Waals surface area contributed by atoms with E-state index in [2.05, 4.69) is 22.8 Å². The van der Waals surface area contributed by atoms with Crippen LogP contribution in [0.3, 0.4) is 0 Å². The first-order valence-electron chi connectivity index (χ1n) is 11.1. The number of nitrogens with zero attached hydrogens (tertiary/aromatic N) is 2. The molecule has 3 rings (SSSR count). The second kappa shape index (κ2) is 11.1. The zero-order valence-corrected chi connectivity index (χ0v) is 19.9. The number of carboxylic acid groups (broad SMARTS) is 1. The highest BCUT2D eigenvalue weighted by molar-refractivity contribution is 5.89. The third kappa shape index (κ3) is 6.12. The van der Waals surface area contributed by atoms with E-state index in [1.165, 1.54) is 0 Å². The van der Waals surface area contributed by atoms with Gasteiger partial charge in [-0.3, -0.25) is 4.79 Å². The van der Waals surface area contributed by atoms with Gasteiger partial charge in [-0.1, -0.05) is 48.5 Å². The topological polar surface area (TPSA) is 111 Å². The minimum atomic E-state index is -1.15. The molecule has 182 valence electrons. The number of ether oxygens (including phenoxy) is 1. The van der Waals surface area contributed by atoms with Crippen LogP contribution in [0.1, 0.15) is 17.0 Å². The minimum absolute atomic E-state index is 0.101. The van der Waals surface area contributed by atoms with Crippen LogP contribution >= 0.6 is 0 Å². The molecule has 0 radical (unpaired) electrons. The standard InChI is InChI=1S/C25H32N4O5/c1-28(2)13-21(23(30)26-22(24(31)32)14-29(3)4)27-25(33)34-15-20-18-11-7-5-9-16(18)17-10-6-8-12-19(17)20/h5-12,20-22H,13-15H2,1-4H3,(H,26,30)(H,27,33)(H,31,32)/t21?,22-/m0/s1. The third-order valence-corrected chi connectivity index (χ3v) is 5.66. The number of hydrogen-bond acceptors (Lipinski definition) is 6. The Hall–Kier alpha value is -3.43. The Kier molecular flexibility index (Phi) is 8.25. The second-order valence-corrected chi connectivity index (χ2v) is 8.95. The molecular formula is C25H32N4O5. The molecule has 0 saturated heterocycles. The summed E-state index contributed by atoms with van der Waals surface area (Å²) < 4.78 is 5.55. The van der Waals surface area contributed by atoms with Crippen LogP contribution in [0, 0.1) is 0 Å². The van der Waals surface area contributed by atoms with Gasteiger partial charge in [0.15, 0.2) is 0 Å². The third-order valence-electron chi connectivity index (χ3n) is 5.66. The summed E-state index contributed by atoms with van der Waals surface area (Å²) in [4.78, 5) is 40.4. The summed E-state index contributed by atoms with van der Waals surface area (Å²) in [5, 5.41) is 14.5. The van der Waals surface area contributed by atoms with Gasteiger partial charge in [0.05, 0.1) is 0 Å². The summed E-state index contributed by atoms with van der Waals surface area (Å²) in [5.41, 5.74) is 4.43. The highest BCUT2D eigenvalue weighted by atomic mass is 16.5. The van der Waals surface area contributed by atoms with Crippen molar-refractivity contribution in [1.82, 2.24) is 20.4 Å². The SMILES string of the molecule is CN(C)CC(NC(=O)OCC1c2ccccc2-c2ccccc21)C(=O)N[C@@H](CN(C)C)C(=O)O. The predicted octanol–water partition coefficient (Wildman–Crippen LogP) is 1.59. The first kappa shape index (κ1) is 25.2. The number of carbonyl (C=O) groups excluding carboxylic acids is 2. The molecule has 2 aromatic carbocycles. The first-order valence-corrected chi connectivity index (χ1v) is 11.1. The van der Waals surface area contributed by atoms with Crippen LogP contribution in [0.2, 0.25) is 0 Å². The zero-order valence-electron chi connectivity index (χ0n) is 19.9. The van der Waals surface area contributed by atoms with E-state index >= 15 is 0 Å². The fourth-order valence-electron chi connectivity index (χ4n) is 4.16. The normalized spacial score (nSPS) is 14.3. The molecule has 3 N–H and O–H groups in total. The van der Waals surface area contributed by atoms with E-state index in [0.717, 1.165) is 22.3 Å². The maximum Gasteiger partial charge on any atom is 0.407 e. The van der Waals surface area contributed by atoms with Gasteiger partial charge in [0.1, 0.15) is 18.7 Å². The number of carboxylic acids is 1. The Bertz CT molecular complexity index is 994. The van der Waals surface area contributed by atoms with E-state index in [1.807, 2.05) is 36.4 Å². The lowest BCUT2D eigenvalue weighted by Crippen LogP contribution is -2.56. The van der Waals surface area contributed by atoms with Crippen LogP contribution in [-0.4, -0.2) is 92.8 Å². The lowest BCUT2D eigenvalue weighted by Gasteiger charge is -2.25. The van der Waals surface area contributed by atoms with E-state index in [0.29, 0.717) is 0 Å². The smallest absolute Gasteiger partial charge is 0.407 e. The number of hydrogen-bond donors (Lipinski definition) is 3. The summed E-state index contributed by atoms with van der Waals surface area (Å²) in [6.45, 7) is 0.430. The molecule has 9 heteroatoms. The lowest BCUT2D eigenvalue weighted by molar-refractivity contribution is -0.142. The molecule has 1 aliphatic rings. The van der Waals surface area contributed by atoms with Crippen molar-refractivity contribution in [2.24, 2.45) is 0 Å². The number of aliphatic carboxylic acids is 1. The van der Waals surface area contributed by atoms with Crippen LogP contribution in [0.25, 0.3) is 11.1 Å². The van der Waals surface area contributed by atoms with E-state index in [-0.39, 0.29) is 25.6 Å². The molecule has 2 atom stereocenters. The molecule has 9 nitrogen and oxygen atoms in total. The van der Waals surface area contributed by atoms with Gasteiger partial charge in [-0.2, -0.15) is 0 Å². The van der Waals surface area contributed by atoms with Gasteiger partial charge in [0, 0.05) is 19.0 Å². The highest BCUT2D eigenvalue weighted by Gasteiger charge is 2.31. The van der Waals surface area contributed by atoms with Crippen LogP contribution in [0.5, 0.6) is 0 Å². The van der Waals surface area contributed by atoms with E-state index in [4.69, 9.17) is 4.74 Å². The number of nitrogens with one attached hydrogen (secondary N) is 2. The van der Waals surface area contributed by atoms with Crippen LogP contribution in [0.15, 0.2) is 48.5 Å². The Morgan fingerprint density at radius 3 is 1.85 bits per heavy atom. The van der Waals surface area contributed by atoms with Gasteiger partial charge in [0.2, 0.25) is 5.91 Å². The monoisotopic (exact) mass is 468 g/mol. The van der Waals surface area contributed by atoms with Crippen molar-refractivity contribution in [3.05, 3.63) is 59.7 Å². The molecule has 0 saturated carbocycles. The molecule has 0 bridgehead atoms. The van der Waals surface area contributed by atoms with Crippen molar-refractivity contribution < 1.29 is 24.2 Å². The molecular weight excluding hydrogens is 436 g/mol. The largest absolute Gasteiger partial charge is 0.480 e. The van der Waals surface area contributed by atoms with Gasteiger partial charge in [-0.05, 0) is 50.4 Å². The molecule has 0 heterocycles. The summed E-state index contributed by atoms with van der Waals surface area (Å²) >= 11 is 0. The van der Waals surface area contributed by atoms with Crippen LogP contribution < -0.4 is 10.6 Å². The van der Waals surface area contributed by atoms with Crippen molar-refractivity contribution in [2.75, 3.05) is 47.9 Å². The molecule has 34 heavy (non-hydrogen) atoms. The fourth-order valence-corrected chi connectivity index (χ4v) is 4.16. The number of rotatable bonds is 10. The van der Waals surface area contributed by atoms with Crippen LogP contribution in [0.4, 0.5) is 4.79 Å². The number of amides is 2. The number of carbonyl (C=O) groups is 3. The number of fused-ring (bicyclic) bond motifs is 3. The fraction of sp³-hybridized carbons (Fsp3) is 0.400. The van der Waals surface area contributed by atoms with Crippen LogP contribution in [-0.2, 0) is 14.3 Å². The Balaban J connectivity index is 1.66. The molecule has 0 aromatic heterocycles. The molecule has 2 amide bonds. The molecule has 0 aliphatic heterocycles. The summed E-state index contributed by atoms with van der Waals surface area (Å²) in [7, 11) is 6.95. The van der Waals surface area contributed by atoms with E-state index in [9.17, 15) is 19.5 Å². The maximum atomic E-state index is 12.8. The van der Waals surface area contributed by atoms with Crippen molar-refractivity contribution in [1.29, 1.82) is 0 Å². The van der Waals surface area contributed by atoms with Gasteiger partial charge in [-0.25, -0.2) is 9.59 Å². The minimum Gasteiger partial charge on any atom is -0.480 e. The Morgan fingerprint density at radius 1 is 0.853 bits per heavy atom.